The number of rotatable bonds is 2. The second kappa shape index (κ2) is 5.40. The maximum Gasteiger partial charge on any atom is 0.306 e. The predicted octanol–water partition coefficient (Wildman–Crippen LogP) is 1.72. The van der Waals surface area contributed by atoms with E-state index in [1.54, 1.807) is 11.8 Å². The molecule has 7 heteroatoms. The summed E-state index contributed by atoms with van der Waals surface area (Å²) in [5.41, 5.74) is 1.39. The van der Waals surface area contributed by atoms with E-state index in [0.29, 0.717) is 43.0 Å². The number of aliphatic carboxylic acids is 1. The van der Waals surface area contributed by atoms with Crippen LogP contribution >= 0.6 is 0 Å². The number of carboxylic acids is 1. The zero-order valence-electron chi connectivity index (χ0n) is 12.1. The minimum atomic E-state index is -0.819. The largest absolute Gasteiger partial charge is 0.481 e. The van der Waals surface area contributed by atoms with Gasteiger partial charge < -0.3 is 10.0 Å². The molecule has 3 heterocycles. The third-order valence-corrected chi connectivity index (χ3v) is 4.09. The fourth-order valence-electron chi connectivity index (χ4n) is 2.87. The molecule has 1 N–H and O–H groups in total. The van der Waals surface area contributed by atoms with Gasteiger partial charge in [-0.2, -0.15) is 0 Å². The third-order valence-electron chi connectivity index (χ3n) is 4.09. The molecule has 0 atom stereocenters. The van der Waals surface area contributed by atoms with Crippen molar-refractivity contribution in [3.05, 3.63) is 35.5 Å². The molecular weight excluding hydrogens is 289 g/mol. The van der Waals surface area contributed by atoms with E-state index in [2.05, 4.69) is 4.98 Å². The first kappa shape index (κ1) is 14.5. The summed E-state index contributed by atoms with van der Waals surface area (Å²) < 4.78 is 14.9. The highest BCUT2D eigenvalue weighted by molar-refractivity contribution is 5.94. The number of aromatic nitrogens is 2. The smallest absolute Gasteiger partial charge is 0.306 e. The molecule has 0 aromatic carbocycles. The number of halogens is 1. The normalized spacial score (nSPS) is 16.2. The summed E-state index contributed by atoms with van der Waals surface area (Å²) in [7, 11) is 0. The zero-order valence-corrected chi connectivity index (χ0v) is 12.1. The molecule has 0 bridgehead atoms. The minimum Gasteiger partial charge on any atom is -0.481 e. The zero-order chi connectivity index (χ0) is 15.9. The number of piperidine rings is 1. The molecule has 1 fully saturated rings. The molecule has 2 aromatic heterocycles. The van der Waals surface area contributed by atoms with Crippen LogP contribution in [0.25, 0.3) is 5.65 Å². The summed E-state index contributed by atoms with van der Waals surface area (Å²) in [6, 6.07) is 2.82. The van der Waals surface area contributed by atoms with E-state index >= 15 is 0 Å². The van der Waals surface area contributed by atoms with E-state index in [0.717, 1.165) is 0 Å². The molecule has 1 aliphatic heterocycles. The molecule has 0 unspecified atom stereocenters. The van der Waals surface area contributed by atoms with Crippen molar-refractivity contribution in [2.24, 2.45) is 5.92 Å². The van der Waals surface area contributed by atoms with Gasteiger partial charge in [0.15, 0.2) is 0 Å². The Morgan fingerprint density at radius 1 is 1.32 bits per heavy atom. The summed E-state index contributed by atoms with van der Waals surface area (Å²) in [5.74, 6) is -1.90. The summed E-state index contributed by atoms with van der Waals surface area (Å²) in [6.45, 7) is 2.48. The van der Waals surface area contributed by atoms with Crippen LogP contribution in [0.15, 0.2) is 18.3 Å². The van der Waals surface area contributed by atoms with Gasteiger partial charge in [0.05, 0.1) is 11.6 Å². The first-order valence-electron chi connectivity index (χ1n) is 7.13. The van der Waals surface area contributed by atoms with Crippen molar-refractivity contribution < 1.29 is 19.1 Å². The predicted molar refractivity (Wildman–Crippen MR) is 76.2 cm³/mol. The van der Waals surface area contributed by atoms with Crippen LogP contribution < -0.4 is 0 Å². The first-order valence-corrected chi connectivity index (χ1v) is 7.13. The van der Waals surface area contributed by atoms with Gasteiger partial charge in [-0.05, 0) is 31.9 Å². The molecule has 1 saturated heterocycles. The van der Waals surface area contributed by atoms with Crippen molar-refractivity contribution in [3.8, 4) is 0 Å². The number of amides is 1. The van der Waals surface area contributed by atoms with Gasteiger partial charge in [-0.25, -0.2) is 9.37 Å². The molecule has 0 saturated carbocycles. The quantitative estimate of drug-likeness (QED) is 0.916. The fourth-order valence-corrected chi connectivity index (χ4v) is 2.87. The molecule has 0 spiro atoms. The topological polar surface area (TPSA) is 74.9 Å². The van der Waals surface area contributed by atoms with Gasteiger partial charge in [0, 0.05) is 19.3 Å². The van der Waals surface area contributed by atoms with E-state index in [9.17, 15) is 14.0 Å². The van der Waals surface area contributed by atoms with E-state index in [-0.39, 0.29) is 5.91 Å². The SMILES string of the molecule is Cc1nc2ccc(F)cn2c1C(=O)N1CCC(C(=O)O)CC1. The summed E-state index contributed by atoms with van der Waals surface area (Å²) in [6.07, 6.45) is 2.11. The van der Waals surface area contributed by atoms with Crippen molar-refractivity contribution in [2.75, 3.05) is 13.1 Å². The van der Waals surface area contributed by atoms with Crippen LogP contribution in [-0.2, 0) is 4.79 Å². The van der Waals surface area contributed by atoms with Crippen molar-refractivity contribution in [1.82, 2.24) is 14.3 Å². The average molecular weight is 305 g/mol. The second-order valence-corrected chi connectivity index (χ2v) is 5.53. The summed E-state index contributed by atoms with van der Waals surface area (Å²) in [4.78, 5) is 29.5. The molecular formula is C15H16FN3O3. The molecule has 3 rings (SSSR count). The van der Waals surface area contributed by atoms with Crippen molar-refractivity contribution in [3.63, 3.8) is 0 Å². The Hall–Kier alpha value is -2.44. The highest BCUT2D eigenvalue weighted by atomic mass is 19.1. The fraction of sp³-hybridized carbons (Fsp3) is 0.400. The van der Waals surface area contributed by atoms with Crippen LogP contribution in [0.4, 0.5) is 4.39 Å². The van der Waals surface area contributed by atoms with Crippen LogP contribution in [0, 0.1) is 18.7 Å². The van der Waals surface area contributed by atoms with E-state index in [1.165, 1.54) is 22.7 Å². The molecule has 1 amide bonds. The van der Waals surface area contributed by atoms with Gasteiger partial charge in [0.1, 0.15) is 17.2 Å². The summed E-state index contributed by atoms with van der Waals surface area (Å²) >= 11 is 0. The number of nitrogens with zero attached hydrogens (tertiary/aromatic N) is 3. The number of carbonyl (C=O) groups is 2. The Bertz CT molecular complexity index is 748. The monoisotopic (exact) mass is 305 g/mol. The maximum absolute atomic E-state index is 13.4. The van der Waals surface area contributed by atoms with Crippen LogP contribution in [0.5, 0.6) is 0 Å². The number of hydrogen-bond acceptors (Lipinski definition) is 3. The number of hydrogen-bond donors (Lipinski definition) is 1. The van der Waals surface area contributed by atoms with Crippen LogP contribution in [0.1, 0.15) is 29.0 Å². The highest BCUT2D eigenvalue weighted by Gasteiger charge is 2.29. The Labute approximate surface area is 126 Å². The van der Waals surface area contributed by atoms with Gasteiger partial charge in [-0.3, -0.25) is 14.0 Å². The molecule has 0 radical (unpaired) electrons. The molecule has 116 valence electrons. The average Bonchev–Trinajstić information content (AvgIpc) is 2.82. The number of likely N-dealkylation sites (tertiary alicyclic amines) is 1. The number of carbonyl (C=O) groups excluding carboxylic acids is 1. The number of fused-ring (bicyclic) bond motifs is 1. The number of pyridine rings is 1. The maximum atomic E-state index is 13.4. The van der Waals surface area contributed by atoms with Crippen LogP contribution in [-0.4, -0.2) is 44.4 Å². The van der Waals surface area contributed by atoms with E-state index < -0.39 is 17.7 Å². The molecule has 6 nitrogen and oxygen atoms in total. The van der Waals surface area contributed by atoms with Gasteiger partial charge >= 0.3 is 5.97 Å². The number of aryl methyl sites for hydroxylation is 1. The molecule has 2 aromatic rings. The van der Waals surface area contributed by atoms with Gasteiger partial charge in [0.2, 0.25) is 0 Å². The number of carboxylic acid groups (broad SMARTS) is 1. The minimum absolute atomic E-state index is 0.237. The lowest BCUT2D eigenvalue weighted by Gasteiger charge is -2.30. The third kappa shape index (κ3) is 2.43. The standard InChI is InChI=1S/C15H16FN3O3/c1-9-13(19-8-11(16)2-3-12(19)17-9)14(20)18-6-4-10(5-7-18)15(21)22/h2-3,8,10H,4-7H2,1H3,(H,21,22). The van der Waals surface area contributed by atoms with Crippen molar-refractivity contribution in [2.45, 2.75) is 19.8 Å². The Morgan fingerprint density at radius 2 is 2.00 bits per heavy atom. The van der Waals surface area contributed by atoms with Gasteiger partial charge in [0.25, 0.3) is 5.91 Å². The van der Waals surface area contributed by atoms with Gasteiger partial charge in [-0.15, -0.1) is 0 Å². The first-order chi connectivity index (χ1) is 10.5. The lowest BCUT2D eigenvalue weighted by Crippen LogP contribution is -2.40. The molecule has 22 heavy (non-hydrogen) atoms. The molecule has 0 aliphatic carbocycles. The Balaban J connectivity index is 1.88. The summed E-state index contributed by atoms with van der Waals surface area (Å²) in [5, 5.41) is 9.00. The Morgan fingerprint density at radius 3 is 2.64 bits per heavy atom. The lowest BCUT2D eigenvalue weighted by molar-refractivity contribution is -0.143. The van der Waals surface area contributed by atoms with Gasteiger partial charge in [-0.1, -0.05) is 0 Å². The number of imidazole rings is 1. The van der Waals surface area contributed by atoms with Crippen LogP contribution in [0.2, 0.25) is 0 Å². The van der Waals surface area contributed by atoms with E-state index in [4.69, 9.17) is 5.11 Å². The Kier molecular flexibility index (Phi) is 3.56. The van der Waals surface area contributed by atoms with Crippen molar-refractivity contribution >= 4 is 17.5 Å². The van der Waals surface area contributed by atoms with Crippen molar-refractivity contribution in [1.29, 1.82) is 0 Å². The lowest BCUT2D eigenvalue weighted by atomic mass is 9.97. The molecule has 1 aliphatic rings. The second-order valence-electron chi connectivity index (χ2n) is 5.53. The highest BCUT2D eigenvalue weighted by Crippen LogP contribution is 2.21. The van der Waals surface area contributed by atoms with Crippen LogP contribution in [0.3, 0.4) is 0 Å². The van der Waals surface area contributed by atoms with E-state index in [1.807, 2.05) is 0 Å².